The van der Waals surface area contributed by atoms with Gasteiger partial charge in [0.1, 0.15) is 0 Å². The smallest absolute Gasteiger partial charge is 0.240 e. The average Bonchev–Trinajstić information content (AvgIpc) is 2.59. The predicted octanol–water partition coefficient (Wildman–Crippen LogP) is 1.55. The molecule has 1 aliphatic heterocycles. The molecule has 0 aromatic heterocycles. The van der Waals surface area contributed by atoms with Crippen LogP contribution in [0.15, 0.2) is 29.2 Å². The number of rotatable bonds is 7. The Balaban J connectivity index is 1.93. The Kier molecular flexibility index (Phi) is 6.77. The molecule has 0 unspecified atom stereocenters. The van der Waals surface area contributed by atoms with Crippen LogP contribution in [-0.4, -0.2) is 51.6 Å². The van der Waals surface area contributed by atoms with E-state index >= 15 is 0 Å². The zero-order chi connectivity index (χ0) is 17.6. The fourth-order valence-corrected chi connectivity index (χ4v) is 3.90. The molecule has 0 radical (unpaired) electrons. The Morgan fingerprint density at radius 3 is 2.42 bits per heavy atom. The van der Waals surface area contributed by atoms with Gasteiger partial charge < -0.3 is 9.64 Å². The van der Waals surface area contributed by atoms with Crippen LogP contribution in [0.4, 0.5) is 0 Å². The first kappa shape index (κ1) is 18.9. The van der Waals surface area contributed by atoms with Gasteiger partial charge in [0.25, 0.3) is 0 Å². The molecule has 7 heteroatoms. The van der Waals surface area contributed by atoms with E-state index in [0.717, 1.165) is 24.8 Å². The van der Waals surface area contributed by atoms with E-state index in [1.807, 2.05) is 19.1 Å². The maximum Gasteiger partial charge on any atom is 0.240 e. The lowest BCUT2D eigenvalue weighted by molar-refractivity contribution is -0.132. The largest absolute Gasteiger partial charge is 0.381 e. The number of sulfonamides is 1. The molecule has 1 fully saturated rings. The fourth-order valence-electron chi connectivity index (χ4n) is 2.88. The molecule has 24 heavy (non-hydrogen) atoms. The van der Waals surface area contributed by atoms with Crippen LogP contribution in [0, 0.1) is 0 Å². The molecule has 0 spiro atoms. The number of hydrogen-bond donors (Lipinski definition) is 1. The second-order valence-electron chi connectivity index (χ2n) is 5.95. The fraction of sp³-hybridized carbons (Fsp3) is 0.588. The van der Waals surface area contributed by atoms with Crippen molar-refractivity contribution in [3.05, 3.63) is 29.8 Å². The third-order valence-corrected chi connectivity index (χ3v) is 5.80. The van der Waals surface area contributed by atoms with Crippen LogP contribution in [0.5, 0.6) is 0 Å². The van der Waals surface area contributed by atoms with Gasteiger partial charge in [0, 0.05) is 39.3 Å². The zero-order valence-electron chi connectivity index (χ0n) is 14.3. The Morgan fingerprint density at radius 1 is 1.25 bits per heavy atom. The second-order valence-corrected chi connectivity index (χ2v) is 7.72. The van der Waals surface area contributed by atoms with E-state index in [1.54, 1.807) is 17.0 Å². The van der Waals surface area contributed by atoms with Crippen molar-refractivity contribution >= 4 is 15.9 Å². The quantitative estimate of drug-likeness (QED) is 0.806. The summed E-state index contributed by atoms with van der Waals surface area (Å²) < 4.78 is 32.5. The van der Waals surface area contributed by atoms with E-state index in [-0.39, 0.29) is 23.4 Å². The summed E-state index contributed by atoms with van der Waals surface area (Å²) in [6, 6.07) is 6.99. The Morgan fingerprint density at radius 2 is 1.88 bits per heavy atom. The van der Waals surface area contributed by atoms with Crippen molar-refractivity contribution in [3.63, 3.8) is 0 Å². The lowest BCUT2D eigenvalue weighted by atomic mass is 10.1. The molecular formula is C17H26N2O4S. The van der Waals surface area contributed by atoms with Crippen LogP contribution in [0.2, 0.25) is 0 Å². The van der Waals surface area contributed by atoms with E-state index in [9.17, 15) is 13.2 Å². The Labute approximate surface area is 144 Å². The number of nitrogens with zero attached hydrogens (tertiary/aromatic N) is 1. The highest BCUT2D eigenvalue weighted by molar-refractivity contribution is 7.89. The summed E-state index contributed by atoms with van der Waals surface area (Å²) >= 11 is 0. The Hall–Kier alpha value is -1.44. The van der Waals surface area contributed by atoms with Crippen molar-refractivity contribution in [2.75, 3.05) is 26.3 Å². The summed E-state index contributed by atoms with van der Waals surface area (Å²) in [4.78, 5) is 13.8. The van der Waals surface area contributed by atoms with Crippen molar-refractivity contribution in [2.45, 2.75) is 44.0 Å². The summed E-state index contributed by atoms with van der Waals surface area (Å²) in [5.41, 5.74) is 1.09. The standard InChI is InChI=1S/C17H26N2O4S/c1-3-15-4-6-17(7-5-15)24(21,22)18-10-11-19(14(2)20)16-8-12-23-13-9-16/h4-7,16,18H,3,8-13H2,1-2H3. The van der Waals surface area contributed by atoms with Gasteiger partial charge in [-0.15, -0.1) is 0 Å². The van der Waals surface area contributed by atoms with Crippen molar-refractivity contribution in [1.29, 1.82) is 0 Å². The molecule has 6 nitrogen and oxygen atoms in total. The minimum absolute atomic E-state index is 0.0339. The molecule has 2 rings (SSSR count). The van der Waals surface area contributed by atoms with Crippen LogP contribution in [0.1, 0.15) is 32.3 Å². The van der Waals surface area contributed by atoms with Crippen molar-refractivity contribution in [2.24, 2.45) is 0 Å². The van der Waals surface area contributed by atoms with Gasteiger partial charge in [0.15, 0.2) is 0 Å². The maximum absolute atomic E-state index is 12.3. The van der Waals surface area contributed by atoms with Gasteiger partial charge in [0.2, 0.25) is 15.9 Å². The van der Waals surface area contributed by atoms with Gasteiger partial charge in [-0.2, -0.15) is 0 Å². The third kappa shape index (κ3) is 5.03. The number of nitrogens with one attached hydrogen (secondary N) is 1. The van der Waals surface area contributed by atoms with Crippen LogP contribution >= 0.6 is 0 Å². The first-order valence-electron chi connectivity index (χ1n) is 8.37. The summed E-state index contributed by atoms with van der Waals surface area (Å²) in [6.07, 6.45) is 2.46. The third-order valence-electron chi connectivity index (χ3n) is 4.32. The number of hydrogen-bond acceptors (Lipinski definition) is 4. The summed E-state index contributed by atoms with van der Waals surface area (Å²) in [5.74, 6) is -0.0339. The molecule has 1 saturated heterocycles. The van der Waals surface area contributed by atoms with E-state index < -0.39 is 10.0 Å². The summed E-state index contributed by atoms with van der Waals surface area (Å²) in [5, 5.41) is 0. The van der Waals surface area contributed by atoms with E-state index in [4.69, 9.17) is 4.74 Å². The molecule has 1 aromatic carbocycles. The van der Waals surface area contributed by atoms with Gasteiger partial charge in [-0.25, -0.2) is 13.1 Å². The van der Waals surface area contributed by atoms with Gasteiger partial charge in [-0.3, -0.25) is 4.79 Å². The molecule has 1 aromatic rings. The molecule has 134 valence electrons. The molecule has 1 aliphatic rings. The lowest BCUT2D eigenvalue weighted by Crippen LogP contribution is -2.46. The minimum Gasteiger partial charge on any atom is -0.381 e. The second kappa shape index (κ2) is 8.60. The van der Waals surface area contributed by atoms with Crippen LogP contribution in [0.25, 0.3) is 0 Å². The molecule has 1 heterocycles. The highest BCUT2D eigenvalue weighted by Gasteiger charge is 2.24. The lowest BCUT2D eigenvalue weighted by Gasteiger charge is -2.33. The van der Waals surface area contributed by atoms with Crippen LogP contribution in [0.3, 0.4) is 0 Å². The SMILES string of the molecule is CCc1ccc(S(=O)(=O)NCCN(C(C)=O)C2CCOCC2)cc1. The van der Waals surface area contributed by atoms with Crippen LogP contribution in [-0.2, 0) is 26.0 Å². The summed E-state index contributed by atoms with van der Waals surface area (Å²) in [7, 11) is -3.55. The molecule has 1 amide bonds. The number of amides is 1. The number of ether oxygens (including phenoxy) is 1. The van der Waals surface area contributed by atoms with Crippen molar-refractivity contribution in [3.8, 4) is 0 Å². The maximum atomic E-state index is 12.3. The van der Waals surface area contributed by atoms with Gasteiger partial charge in [-0.05, 0) is 37.0 Å². The topological polar surface area (TPSA) is 75.7 Å². The van der Waals surface area contributed by atoms with Crippen molar-refractivity contribution in [1.82, 2.24) is 9.62 Å². The van der Waals surface area contributed by atoms with Crippen LogP contribution < -0.4 is 4.72 Å². The monoisotopic (exact) mass is 354 g/mol. The number of benzene rings is 1. The average molecular weight is 354 g/mol. The molecule has 0 atom stereocenters. The minimum atomic E-state index is -3.55. The van der Waals surface area contributed by atoms with E-state index in [2.05, 4.69) is 4.72 Å². The number of carbonyl (C=O) groups is 1. The Bertz CT molecular complexity index is 637. The molecule has 1 N–H and O–H groups in total. The van der Waals surface area contributed by atoms with Gasteiger partial charge in [-0.1, -0.05) is 19.1 Å². The van der Waals surface area contributed by atoms with E-state index in [0.29, 0.717) is 19.8 Å². The molecule has 0 saturated carbocycles. The first-order valence-corrected chi connectivity index (χ1v) is 9.86. The first-order chi connectivity index (χ1) is 11.4. The van der Waals surface area contributed by atoms with E-state index in [1.165, 1.54) is 6.92 Å². The molecule has 0 aliphatic carbocycles. The van der Waals surface area contributed by atoms with Gasteiger partial charge >= 0.3 is 0 Å². The highest BCUT2D eigenvalue weighted by atomic mass is 32.2. The number of aryl methyl sites for hydroxylation is 1. The molecular weight excluding hydrogens is 328 g/mol. The van der Waals surface area contributed by atoms with Gasteiger partial charge in [0.05, 0.1) is 4.90 Å². The molecule has 0 bridgehead atoms. The predicted molar refractivity (Wildman–Crippen MR) is 92.2 cm³/mol. The van der Waals surface area contributed by atoms with Crippen molar-refractivity contribution < 1.29 is 17.9 Å². The highest BCUT2D eigenvalue weighted by Crippen LogP contribution is 2.15. The normalized spacial score (nSPS) is 16.1. The zero-order valence-corrected chi connectivity index (χ0v) is 15.1. The number of carbonyl (C=O) groups excluding carboxylic acids is 1. The summed E-state index contributed by atoms with van der Waals surface area (Å²) in [6.45, 7) is 5.40.